The zero-order chi connectivity index (χ0) is 15.6. The van der Waals surface area contributed by atoms with Crippen LogP contribution in [0.3, 0.4) is 0 Å². The molecule has 0 aliphatic rings. The Morgan fingerprint density at radius 3 is 1.59 bits per heavy atom. The Hall–Kier alpha value is -1.46. The molecule has 0 aliphatic carbocycles. The van der Waals surface area contributed by atoms with E-state index in [0.29, 0.717) is 26.4 Å². The van der Waals surface area contributed by atoms with Crippen LogP contribution in [-0.2, 0) is 22.3 Å². The van der Waals surface area contributed by atoms with Gasteiger partial charge in [0.15, 0.2) is 0 Å². The summed E-state index contributed by atoms with van der Waals surface area (Å²) in [7, 11) is 0. The molecule has 0 aromatic heterocycles. The smallest absolute Gasteiger partial charge is 0.0697 e. The van der Waals surface area contributed by atoms with Crippen molar-refractivity contribution in [3.05, 3.63) is 47.5 Å². The molecule has 120 valence electrons. The highest BCUT2D eigenvalue weighted by Gasteiger charge is 2.00. The molecule has 2 N–H and O–H groups in total. The third-order valence-corrected chi connectivity index (χ3v) is 3.51. The maximum atomic E-state index is 8.69. The minimum Gasteiger partial charge on any atom is -0.394 e. The van der Waals surface area contributed by atoms with Gasteiger partial charge in [0.2, 0.25) is 0 Å². The molecule has 0 heterocycles. The molecule has 0 bridgehead atoms. The molecule has 4 heteroatoms. The maximum Gasteiger partial charge on any atom is 0.0697 e. The predicted molar refractivity (Wildman–Crippen MR) is 87.2 cm³/mol. The fraction of sp³-hybridized carbons (Fsp3) is 0.444. The van der Waals surface area contributed by atoms with Gasteiger partial charge in [0.05, 0.1) is 39.6 Å². The summed E-state index contributed by atoms with van der Waals surface area (Å²) in [6.07, 6.45) is 1.69. The summed E-state index contributed by atoms with van der Waals surface area (Å²) in [6, 6.07) is 12.9. The van der Waals surface area contributed by atoms with Crippen molar-refractivity contribution in [1.29, 1.82) is 0 Å². The third kappa shape index (κ3) is 5.39. The van der Waals surface area contributed by atoms with E-state index in [1.807, 2.05) is 0 Å². The summed E-state index contributed by atoms with van der Waals surface area (Å²) in [4.78, 5) is 0. The highest BCUT2D eigenvalue weighted by molar-refractivity contribution is 5.83. The van der Waals surface area contributed by atoms with Crippen molar-refractivity contribution < 1.29 is 19.7 Å². The molecule has 2 aromatic rings. The predicted octanol–water partition coefficient (Wildman–Crippen LogP) is 1.94. The molecule has 0 unspecified atom stereocenters. The van der Waals surface area contributed by atoms with Crippen LogP contribution in [0, 0.1) is 0 Å². The Morgan fingerprint density at radius 1 is 0.636 bits per heavy atom. The van der Waals surface area contributed by atoms with Crippen LogP contribution >= 0.6 is 0 Å². The highest BCUT2D eigenvalue weighted by Crippen LogP contribution is 2.19. The first-order valence-electron chi connectivity index (χ1n) is 7.72. The van der Waals surface area contributed by atoms with Gasteiger partial charge >= 0.3 is 0 Å². The summed E-state index contributed by atoms with van der Waals surface area (Å²) in [6.45, 7) is 2.18. The van der Waals surface area contributed by atoms with Gasteiger partial charge in [0.1, 0.15) is 0 Å². The normalized spacial score (nSPS) is 11.2. The lowest BCUT2D eigenvalue weighted by Gasteiger charge is -2.07. The van der Waals surface area contributed by atoms with Gasteiger partial charge in [0, 0.05) is 0 Å². The van der Waals surface area contributed by atoms with E-state index >= 15 is 0 Å². The van der Waals surface area contributed by atoms with Gasteiger partial charge in [-0.25, -0.2) is 0 Å². The lowest BCUT2D eigenvalue weighted by Crippen LogP contribution is -2.03. The van der Waals surface area contributed by atoms with E-state index < -0.39 is 0 Å². The molecule has 4 nitrogen and oxygen atoms in total. The fourth-order valence-electron chi connectivity index (χ4n) is 2.37. The molecule has 0 aliphatic heterocycles. The van der Waals surface area contributed by atoms with Crippen molar-refractivity contribution in [2.75, 3.05) is 39.6 Å². The van der Waals surface area contributed by atoms with Crippen molar-refractivity contribution in [2.45, 2.75) is 12.8 Å². The Balaban J connectivity index is 1.96. The van der Waals surface area contributed by atoms with Crippen LogP contribution in [0.4, 0.5) is 0 Å². The summed E-state index contributed by atoms with van der Waals surface area (Å²) in [5.74, 6) is 0. The van der Waals surface area contributed by atoms with E-state index in [1.165, 1.54) is 21.9 Å². The quantitative estimate of drug-likeness (QED) is 0.659. The first-order chi connectivity index (χ1) is 10.8. The maximum absolute atomic E-state index is 8.69. The first-order valence-corrected chi connectivity index (χ1v) is 7.72. The number of hydrogen-bond acceptors (Lipinski definition) is 4. The molecular formula is C18H24O4. The van der Waals surface area contributed by atoms with Crippen molar-refractivity contribution in [3.8, 4) is 0 Å². The number of rotatable bonds is 10. The minimum atomic E-state index is 0.0689. The molecule has 0 radical (unpaired) electrons. The van der Waals surface area contributed by atoms with Gasteiger partial charge in [-0.3, -0.25) is 0 Å². The first kappa shape index (κ1) is 16.9. The molecule has 0 saturated carbocycles. The molecule has 22 heavy (non-hydrogen) atoms. The monoisotopic (exact) mass is 304 g/mol. The topological polar surface area (TPSA) is 58.9 Å². The number of aliphatic hydroxyl groups is 2. The fourth-order valence-corrected chi connectivity index (χ4v) is 2.37. The second-order valence-electron chi connectivity index (χ2n) is 5.19. The number of fused-ring (bicyclic) bond motifs is 1. The molecular weight excluding hydrogens is 280 g/mol. The number of benzene rings is 2. The van der Waals surface area contributed by atoms with E-state index in [0.717, 1.165) is 12.8 Å². The largest absolute Gasteiger partial charge is 0.394 e. The Kier molecular flexibility index (Phi) is 7.33. The van der Waals surface area contributed by atoms with Gasteiger partial charge in [0.25, 0.3) is 0 Å². The van der Waals surface area contributed by atoms with E-state index in [2.05, 4.69) is 36.4 Å². The van der Waals surface area contributed by atoms with Gasteiger partial charge in [-0.15, -0.1) is 0 Å². The van der Waals surface area contributed by atoms with Crippen LogP contribution in [0.5, 0.6) is 0 Å². The van der Waals surface area contributed by atoms with Gasteiger partial charge in [-0.1, -0.05) is 36.4 Å². The average molecular weight is 304 g/mol. The van der Waals surface area contributed by atoms with E-state index in [9.17, 15) is 0 Å². The summed E-state index contributed by atoms with van der Waals surface area (Å²) in [5.41, 5.74) is 2.47. The number of hydrogen-bond donors (Lipinski definition) is 2. The van der Waals surface area contributed by atoms with Crippen LogP contribution in [0.15, 0.2) is 36.4 Å². The van der Waals surface area contributed by atoms with Gasteiger partial charge in [-0.2, -0.15) is 0 Å². The summed E-state index contributed by atoms with van der Waals surface area (Å²) < 4.78 is 10.6. The van der Waals surface area contributed by atoms with E-state index in [4.69, 9.17) is 19.7 Å². The molecule has 0 amide bonds. The zero-order valence-corrected chi connectivity index (χ0v) is 12.8. The zero-order valence-electron chi connectivity index (χ0n) is 12.8. The SMILES string of the molecule is OCCOCCc1ccc2ccc(CCOCCO)cc2c1. The molecule has 0 atom stereocenters. The molecule has 0 fully saturated rings. The van der Waals surface area contributed by atoms with Crippen LogP contribution in [0.2, 0.25) is 0 Å². The lowest BCUT2D eigenvalue weighted by atomic mass is 10.0. The minimum absolute atomic E-state index is 0.0689. The molecule has 2 rings (SSSR count). The average Bonchev–Trinajstić information content (AvgIpc) is 2.55. The van der Waals surface area contributed by atoms with Crippen LogP contribution in [0.1, 0.15) is 11.1 Å². The third-order valence-electron chi connectivity index (χ3n) is 3.51. The second kappa shape index (κ2) is 9.54. The van der Waals surface area contributed by atoms with Crippen LogP contribution in [-0.4, -0.2) is 49.9 Å². The van der Waals surface area contributed by atoms with Crippen molar-refractivity contribution in [1.82, 2.24) is 0 Å². The Bertz CT molecular complexity index is 521. The van der Waals surface area contributed by atoms with Crippen molar-refractivity contribution in [3.63, 3.8) is 0 Å². The Morgan fingerprint density at radius 2 is 1.14 bits per heavy atom. The summed E-state index contributed by atoms with van der Waals surface area (Å²) >= 11 is 0. The lowest BCUT2D eigenvalue weighted by molar-refractivity contribution is 0.0944. The Labute approximate surface area is 131 Å². The van der Waals surface area contributed by atoms with Crippen molar-refractivity contribution in [2.24, 2.45) is 0 Å². The number of aliphatic hydroxyl groups excluding tert-OH is 2. The van der Waals surface area contributed by atoms with E-state index in [1.54, 1.807) is 0 Å². The molecule has 2 aromatic carbocycles. The van der Waals surface area contributed by atoms with E-state index in [-0.39, 0.29) is 13.2 Å². The molecule has 0 spiro atoms. The summed E-state index contributed by atoms with van der Waals surface area (Å²) in [5, 5.41) is 19.8. The number of ether oxygens (including phenoxy) is 2. The van der Waals surface area contributed by atoms with Crippen LogP contribution < -0.4 is 0 Å². The molecule has 0 saturated heterocycles. The second-order valence-corrected chi connectivity index (χ2v) is 5.19. The van der Waals surface area contributed by atoms with Gasteiger partial charge < -0.3 is 19.7 Å². The van der Waals surface area contributed by atoms with Crippen molar-refractivity contribution >= 4 is 10.8 Å². The highest BCUT2D eigenvalue weighted by atomic mass is 16.5. The van der Waals surface area contributed by atoms with Gasteiger partial charge in [-0.05, 0) is 34.7 Å². The van der Waals surface area contributed by atoms with Crippen LogP contribution in [0.25, 0.3) is 10.8 Å². The standard InChI is InChI=1S/C18H24O4/c19-7-11-21-9-5-15-1-3-17-4-2-16(14-18(17)13-15)6-10-22-12-8-20/h1-4,13-14,19-20H,5-12H2.